The van der Waals surface area contributed by atoms with Gasteiger partial charge in [-0.25, -0.2) is 14.4 Å². The van der Waals surface area contributed by atoms with Crippen LogP contribution in [0.25, 0.3) is 0 Å². The predicted octanol–water partition coefficient (Wildman–Crippen LogP) is 1.62. The van der Waals surface area contributed by atoms with Crippen molar-refractivity contribution >= 4 is 17.6 Å². The first-order valence-electron chi connectivity index (χ1n) is 9.66. The molecule has 9 nitrogen and oxygen atoms in total. The molecule has 1 aromatic heterocycles. The van der Waals surface area contributed by atoms with Crippen LogP contribution in [0.5, 0.6) is 0 Å². The molecule has 1 unspecified atom stereocenters. The molecule has 3 rings (SSSR count). The van der Waals surface area contributed by atoms with E-state index in [1.165, 1.54) is 18.2 Å². The number of hydrazone groups is 1. The molecule has 2 amide bonds. The van der Waals surface area contributed by atoms with Crippen molar-refractivity contribution in [3.05, 3.63) is 94.8 Å². The van der Waals surface area contributed by atoms with Gasteiger partial charge < -0.3 is 22.2 Å². The van der Waals surface area contributed by atoms with Crippen LogP contribution in [-0.2, 0) is 6.54 Å². The number of rotatable bonds is 7. The molecule has 2 aromatic carbocycles. The second kappa shape index (κ2) is 10.1. The van der Waals surface area contributed by atoms with E-state index in [1.807, 2.05) is 6.92 Å². The van der Waals surface area contributed by atoms with Crippen molar-refractivity contribution in [1.29, 1.82) is 0 Å². The Bertz CT molecular complexity index is 1130. The summed E-state index contributed by atoms with van der Waals surface area (Å²) in [6.45, 7) is 2.00. The number of benzene rings is 2. The summed E-state index contributed by atoms with van der Waals surface area (Å²) >= 11 is 0. The average Bonchev–Trinajstić information content (AvgIpc) is 2.83. The van der Waals surface area contributed by atoms with E-state index in [2.05, 4.69) is 25.7 Å². The summed E-state index contributed by atoms with van der Waals surface area (Å²) in [6.07, 6.45) is 1.15. The molecular weight excluding hydrogens is 413 g/mol. The Labute approximate surface area is 183 Å². The summed E-state index contributed by atoms with van der Waals surface area (Å²) in [7, 11) is 0. The number of amidine groups is 1. The van der Waals surface area contributed by atoms with Crippen LogP contribution in [0.15, 0.2) is 66.0 Å². The van der Waals surface area contributed by atoms with Gasteiger partial charge in [0.15, 0.2) is 0 Å². The minimum Gasteiger partial charge on any atom is -0.382 e. The summed E-state index contributed by atoms with van der Waals surface area (Å²) in [4.78, 5) is 32.9. The van der Waals surface area contributed by atoms with E-state index in [9.17, 15) is 14.0 Å². The molecule has 0 aliphatic heterocycles. The molecule has 0 aliphatic rings. The number of amides is 2. The van der Waals surface area contributed by atoms with Crippen molar-refractivity contribution in [2.24, 2.45) is 16.7 Å². The van der Waals surface area contributed by atoms with Crippen LogP contribution < -0.4 is 22.2 Å². The van der Waals surface area contributed by atoms with E-state index in [0.717, 1.165) is 17.5 Å². The molecule has 0 spiro atoms. The van der Waals surface area contributed by atoms with E-state index in [-0.39, 0.29) is 35.6 Å². The predicted molar refractivity (Wildman–Crippen MR) is 117 cm³/mol. The Morgan fingerprint density at radius 2 is 1.66 bits per heavy atom. The Hall–Kier alpha value is -4.34. The highest BCUT2D eigenvalue weighted by Crippen LogP contribution is 2.14. The standard InChI is InChI=1S/C22H22FN7O2/c1-13(15-4-6-16(7-5-15)20(24)30-25)29-22(32)19-10-18(27-12-28-19)21(31)26-11-14-2-8-17(23)9-3-14/h2-10,12-13H,11,25H2,1H3,(H2,24,30)(H,26,31)(H,29,32). The third-order valence-corrected chi connectivity index (χ3v) is 4.69. The van der Waals surface area contributed by atoms with Crippen molar-refractivity contribution in [3.8, 4) is 0 Å². The number of carbonyl (C=O) groups excluding carboxylic acids is 2. The van der Waals surface area contributed by atoms with Crippen LogP contribution in [-0.4, -0.2) is 27.6 Å². The zero-order valence-corrected chi connectivity index (χ0v) is 17.2. The maximum Gasteiger partial charge on any atom is 0.270 e. The van der Waals surface area contributed by atoms with Crippen molar-refractivity contribution in [2.75, 3.05) is 0 Å². The van der Waals surface area contributed by atoms with E-state index >= 15 is 0 Å². The molecule has 1 heterocycles. The number of hydrogen-bond donors (Lipinski definition) is 4. The van der Waals surface area contributed by atoms with Crippen molar-refractivity contribution in [3.63, 3.8) is 0 Å². The molecule has 164 valence electrons. The SMILES string of the molecule is CC(NC(=O)c1cc(C(=O)NCc2ccc(F)cc2)ncn1)c1ccc(/C(N)=N/N)cc1. The number of hydrogen-bond acceptors (Lipinski definition) is 6. The normalized spacial score (nSPS) is 12.1. The van der Waals surface area contributed by atoms with Gasteiger partial charge in [-0.05, 0) is 30.2 Å². The summed E-state index contributed by atoms with van der Waals surface area (Å²) in [5.74, 6) is 4.09. The first-order valence-corrected chi connectivity index (χ1v) is 9.66. The quantitative estimate of drug-likeness (QED) is 0.192. The summed E-state index contributed by atoms with van der Waals surface area (Å²) in [5.41, 5.74) is 7.99. The zero-order chi connectivity index (χ0) is 23.1. The number of carbonyl (C=O) groups is 2. The first kappa shape index (κ1) is 22.3. The van der Waals surface area contributed by atoms with Gasteiger partial charge in [0.05, 0.1) is 6.04 Å². The van der Waals surface area contributed by atoms with Gasteiger partial charge in [-0.1, -0.05) is 36.4 Å². The van der Waals surface area contributed by atoms with Gasteiger partial charge in [-0.15, -0.1) is 0 Å². The van der Waals surface area contributed by atoms with E-state index in [1.54, 1.807) is 36.4 Å². The zero-order valence-electron chi connectivity index (χ0n) is 17.2. The summed E-state index contributed by atoms with van der Waals surface area (Å²) < 4.78 is 13.0. The van der Waals surface area contributed by atoms with Gasteiger partial charge in [0.1, 0.15) is 29.4 Å². The number of nitrogens with zero attached hydrogens (tertiary/aromatic N) is 3. The Morgan fingerprint density at radius 1 is 1.03 bits per heavy atom. The molecule has 0 bridgehead atoms. The summed E-state index contributed by atoms with van der Waals surface area (Å²) in [6, 6.07) is 13.8. The third-order valence-electron chi connectivity index (χ3n) is 4.69. The molecule has 0 radical (unpaired) electrons. The molecule has 32 heavy (non-hydrogen) atoms. The van der Waals surface area contributed by atoms with Crippen molar-refractivity contribution < 1.29 is 14.0 Å². The van der Waals surface area contributed by atoms with E-state index in [4.69, 9.17) is 11.6 Å². The molecule has 10 heteroatoms. The Morgan fingerprint density at radius 3 is 2.28 bits per heavy atom. The molecule has 6 N–H and O–H groups in total. The Kier molecular flexibility index (Phi) is 7.06. The second-order valence-electron chi connectivity index (χ2n) is 6.93. The fraction of sp³-hybridized carbons (Fsp3) is 0.136. The fourth-order valence-corrected chi connectivity index (χ4v) is 2.85. The highest BCUT2D eigenvalue weighted by molar-refractivity contribution is 5.98. The van der Waals surface area contributed by atoms with E-state index in [0.29, 0.717) is 5.56 Å². The molecule has 3 aromatic rings. The third kappa shape index (κ3) is 5.63. The lowest BCUT2D eigenvalue weighted by Crippen LogP contribution is -2.29. The first-order chi connectivity index (χ1) is 15.4. The number of nitrogens with one attached hydrogen (secondary N) is 2. The van der Waals surface area contributed by atoms with Gasteiger partial charge in [0.25, 0.3) is 11.8 Å². The van der Waals surface area contributed by atoms with E-state index < -0.39 is 11.8 Å². The van der Waals surface area contributed by atoms with Crippen LogP contribution in [0.3, 0.4) is 0 Å². The van der Waals surface area contributed by atoms with Crippen molar-refractivity contribution in [2.45, 2.75) is 19.5 Å². The largest absolute Gasteiger partial charge is 0.382 e. The van der Waals surface area contributed by atoms with Gasteiger partial charge >= 0.3 is 0 Å². The lowest BCUT2D eigenvalue weighted by Gasteiger charge is -2.14. The van der Waals surface area contributed by atoms with Crippen molar-refractivity contribution in [1.82, 2.24) is 20.6 Å². The van der Waals surface area contributed by atoms with Gasteiger partial charge in [0, 0.05) is 18.2 Å². The van der Waals surface area contributed by atoms with Crippen LogP contribution in [0.1, 0.15) is 50.6 Å². The lowest BCUT2D eigenvalue weighted by molar-refractivity contribution is 0.0934. The second-order valence-corrected chi connectivity index (χ2v) is 6.93. The smallest absolute Gasteiger partial charge is 0.270 e. The van der Waals surface area contributed by atoms with Crippen LogP contribution in [0, 0.1) is 5.82 Å². The average molecular weight is 435 g/mol. The maximum atomic E-state index is 13.0. The molecule has 0 saturated heterocycles. The molecule has 0 aliphatic carbocycles. The number of aromatic nitrogens is 2. The maximum absolute atomic E-state index is 13.0. The number of nitrogens with two attached hydrogens (primary N) is 2. The monoisotopic (exact) mass is 435 g/mol. The highest BCUT2D eigenvalue weighted by Gasteiger charge is 2.16. The van der Waals surface area contributed by atoms with Crippen LogP contribution in [0.4, 0.5) is 4.39 Å². The topological polar surface area (TPSA) is 148 Å². The van der Waals surface area contributed by atoms with Gasteiger partial charge in [0.2, 0.25) is 0 Å². The Balaban J connectivity index is 1.62. The molecule has 0 fully saturated rings. The van der Waals surface area contributed by atoms with Crippen LogP contribution in [0.2, 0.25) is 0 Å². The van der Waals surface area contributed by atoms with Gasteiger partial charge in [-0.2, -0.15) is 5.10 Å². The summed E-state index contributed by atoms with van der Waals surface area (Å²) in [5, 5.41) is 8.94. The highest BCUT2D eigenvalue weighted by atomic mass is 19.1. The molecular formula is C22H22FN7O2. The minimum atomic E-state index is -0.478. The molecule has 1 atom stereocenters. The minimum absolute atomic E-state index is 0.0424. The van der Waals surface area contributed by atoms with Gasteiger partial charge in [-0.3, -0.25) is 9.59 Å². The lowest BCUT2D eigenvalue weighted by atomic mass is 10.1. The number of halogens is 1. The molecule has 0 saturated carbocycles. The van der Waals surface area contributed by atoms with Crippen LogP contribution >= 0.6 is 0 Å². The fourth-order valence-electron chi connectivity index (χ4n) is 2.85.